The molecule has 0 heterocycles. The minimum Gasteiger partial charge on any atom is -0.367 e. The normalized spacial score (nSPS) is 12.7. The van der Waals surface area contributed by atoms with Gasteiger partial charge in [0.05, 0.1) is 4.90 Å². The van der Waals surface area contributed by atoms with Gasteiger partial charge in [0.1, 0.15) is 0 Å². The number of carbonyl (C=O) groups is 1. The maximum absolute atomic E-state index is 12.4. The Morgan fingerprint density at radius 1 is 1.13 bits per heavy atom. The third-order valence-electron chi connectivity index (χ3n) is 3.46. The number of ether oxygens (including phenoxy) is 1. The van der Waals surface area contributed by atoms with Crippen LogP contribution in [0.2, 0.25) is 0 Å². The molecule has 0 saturated carbocycles. The van der Waals surface area contributed by atoms with E-state index in [0.29, 0.717) is 11.3 Å². The second-order valence-electron chi connectivity index (χ2n) is 5.26. The van der Waals surface area contributed by atoms with E-state index in [9.17, 15) is 13.2 Å². The summed E-state index contributed by atoms with van der Waals surface area (Å²) >= 11 is 0. The van der Waals surface area contributed by atoms with Gasteiger partial charge in [-0.2, -0.15) is 0 Å². The number of anilines is 1. The maximum Gasteiger partial charge on any atom is 0.258 e. The second kappa shape index (κ2) is 6.93. The molecule has 1 amide bonds. The topological polar surface area (TPSA) is 72.5 Å². The van der Waals surface area contributed by atoms with Crippen molar-refractivity contribution < 1.29 is 17.9 Å². The summed E-state index contributed by atoms with van der Waals surface area (Å²) in [6.45, 7) is 1.74. The van der Waals surface area contributed by atoms with Crippen molar-refractivity contribution in [1.29, 1.82) is 0 Å². The van der Waals surface area contributed by atoms with Crippen molar-refractivity contribution in [2.24, 2.45) is 0 Å². The lowest BCUT2D eigenvalue weighted by atomic mass is 10.1. The highest BCUT2D eigenvalue weighted by atomic mass is 32.2. The van der Waals surface area contributed by atoms with Crippen molar-refractivity contribution in [1.82, 2.24) is 0 Å². The second-order valence-corrected chi connectivity index (χ2v) is 7.28. The number of methoxy groups -OCH3 is 1. The quantitative estimate of drug-likeness (QED) is 0.913. The van der Waals surface area contributed by atoms with Crippen molar-refractivity contribution in [2.75, 3.05) is 18.7 Å². The van der Waals surface area contributed by atoms with E-state index in [-0.39, 0.29) is 10.8 Å². The Morgan fingerprint density at radius 3 is 2.30 bits per heavy atom. The van der Waals surface area contributed by atoms with Gasteiger partial charge in [-0.15, -0.1) is 0 Å². The fourth-order valence-electron chi connectivity index (χ4n) is 2.23. The van der Waals surface area contributed by atoms with E-state index in [1.807, 2.05) is 30.3 Å². The SMILES string of the molecule is CO[C@@H](C(=O)Nc1ccc(S(C)(=O)=O)cc1C)c1ccccc1. The summed E-state index contributed by atoms with van der Waals surface area (Å²) in [6, 6.07) is 13.8. The van der Waals surface area contributed by atoms with Gasteiger partial charge in [0.25, 0.3) is 5.91 Å². The Bertz CT molecular complexity index is 801. The van der Waals surface area contributed by atoms with Gasteiger partial charge in [-0.1, -0.05) is 30.3 Å². The zero-order valence-electron chi connectivity index (χ0n) is 13.2. The molecule has 0 bridgehead atoms. The summed E-state index contributed by atoms with van der Waals surface area (Å²) in [6.07, 6.45) is 0.418. The molecule has 1 N–H and O–H groups in total. The van der Waals surface area contributed by atoms with Gasteiger partial charge in [-0.05, 0) is 36.2 Å². The zero-order chi connectivity index (χ0) is 17.0. The van der Waals surface area contributed by atoms with Crippen molar-refractivity contribution in [2.45, 2.75) is 17.9 Å². The highest BCUT2D eigenvalue weighted by Gasteiger charge is 2.20. The Labute approximate surface area is 136 Å². The monoisotopic (exact) mass is 333 g/mol. The lowest BCUT2D eigenvalue weighted by molar-refractivity contribution is -0.126. The molecule has 0 aliphatic carbocycles. The first-order valence-electron chi connectivity index (χ1n) is 7.02. The predicted molar refractivity (Wildman–Crippen MR) is 89.1 cm³/mol. The first-order valence-corrected chi connectivity index (χ1v) is 8.91. The molecule has 122 valence electrons. The van der Waals surface area contributed by atoms with Crippen LogP contribution in [0.1, 0.15) is 17.2 Å². The average molecular weight is 333 g/mol. The number of amides is 1. The summed E-state index contributed by atoms with van der Waals surface area (Å²) in [5.74, 6) is -0.311. The van der Waals surface area contributed by atoms with Crippen LogP contribution in [0.5, 0.6) is 0 Å². The molecular formula is C17H19NO4S. The van der Waals surface area contributed by atoms with Gasteiger partial charge in [0.2, 0.25) is 0 Å². The number of benzene rings is 2. The fraction of sp³-hybridized carbons (Fsp3) is 0.235. The van der Waals surface area contributed by atoms with Gasteiger partial charge < -0.3 is 10.1 Å². The molecule has 0 saturated heterocycles. The molecular weight excluding hydrogens is 314 g/mol. The molecule has 0 fully saturated rings. The third kappa shape index (κ3) is 4.18. The Morgan fingerprint density at radius 2 is 1.78 bits per heavy atom. The summed E-state index contributed by atoms with van der Waals surface area (Å²) in [5.41, 5.74) is 1.97. The van der Waals surface area contributed by atoms with E-state index in [2.05, 4.69) is 5.32 Å². The molecule has 1 atom stereocenters. The maximum atomic E-state index is 12.4. The predicted octanol–water partition coefficient (Wildman–Crippen LogP) is 2.72. The van der Waals surface area contributed by atoms with E-state index in [0.717, 1.165) is 11.8 Å². The van der Waals surface area contributed by atoms with Crippen LogP contribution in [0, 0.1) is 6.92 Å². The molecule has 0 spiro atoms. The number of aryl methyl sites for hydroxylation is 1. The van der Waals surface area contributed by atoms with Crippen LogP contribution in [-0.2, 0) is 19.4 Å². The summed E-state index contributed by atoms with van der Waals surface area (Å²) < 4.78 is 28.4. The standard InChI is InChI=1S/C17H19NO4S/c1-12-11-14(23(3,20)21)9-10-15(12)18-17(19)16(22-2)13-7-5-4-6-8-13/h4-11,16H,1-3H3,(H,18,19)/t16-/m1/s1. The van der Waals surface area contributed by atoms with Crippen LogP contribution >= 0.6 is 0 Å². The van der Waals surface area contributed by atoms with Gasteiger partial charge in [0.15, 0.2) is 15.9 Å². The van der Waals surface area contributed by atoms with Crippen molar-refractivity contribution in [3.63, 3.8) is 0 Å². The minimum atomic E-state index is -3.27. The lowest BCUT2D eigenvalue weighted by Crippen LogP contribution is -2.23. The molecule has 0 aliphatic heterocycles. The van der Waals surface area contributed by atoms with Crippen LogP contribution in [0.4, 0.5) is 5.69 Å². The van der Waals surface area contributed by atoms with Gasteiger partial charge in [-0.3, -0.25) is 4.79 Å². The number of nitrogens with one attached hydrogen (secondary N) is 1. The molecule has 0 aromatic heterocycles. The number of sulfone groups is 1. The lowest BCUT2D eigenvalue weighted by Gasteiger charge is -2.17. The number of rotatable bonds is 5. The van der Waals surface area contributed by atoms with E-state index >= 15 is 0 Å². The molecule has 23 heavy (non-hydrogen) atoms. The molecule has 2 rings (SSSR count). The van der Waals surface area contributed by atoms with Crippen LogP contribution < -0.4 is 5.32 Å². The number of carbonyl (C=O) groups excluding carboxylic acids is 1. The molecule has 0 unspecified atom stereocenters. The molecule has 6 heteroatoms. The molecule has 5 nitrogen and oxygen atoms in total. The Hall–Kier alpha value is -2.18. The van der Waals surface area contributed by atoms with Crippen LogP contribution in [-0.4, -0.2) is 27.7 Å². The van der Waals surface area contributed by atoms with Crippen LogP contribution in [0.25, 0.3) is 0 Å². The van der Waals surface area contributed by atoms with E-state index in [1.54, 1.807) is 13.0 Å². The van der Waals surface area contributed by atoms with Crippen LogP contribution in [0.15, 0.2) is 53.4 Å². The highest BCUT2D eigenvalue weighted by molar-refractivity contribution is 7.90. The van der Waals surface area contributed by atoms with E-state index in [1.165, 1.54) is 19.2 Å². The first kappa shape index (κ1) is 17.2. The van der Waals surface area contributed by atoms with Crippen molar-refractivity contribution >= 4 is 21.4 Å². The number of hydrogen-bond donors (Lipinski definition) is 1. The molecule has 2 aromatic rings. The number of hydrogen-bond acceptors (Lipinski definition) is 4. The fourth-order valence-corrected chi connectivity index (χ4v) is 2.93. The summed E-state index contributed by atoms with van der Waals surface area (Å²) in [4.78, 5) is 12.6. The largest absolute Gasteiger partial charge is 0.367 e. The average Bonchev–Trinajstić information content (AvgIpc) is 2.50. The highest BCUT2D eigenvalue weighted by Crippen LogP contribution is 2.23. The Kier molecular flexibility index (Phi) is 5.18. The van der Waals surface area contributed by atoms with Crippen LogP contribution in [0.3, 0.4) is 0 Å². The summed E-state index contributed by atoms with van der Waals surface area (Å²) in [5, 5.41) is 2.78. The first-order chi connectivity index (χ1) is 10.8. The smallest absolute Gasteiger partial charge is 0.258 e. The third-order valence-corrected chi connectivity index (χ3v) is 4.57. The minimum absolute atomic E-state index is 0.222. The van der Waals surface area contributed by atoms with Gasteiger partial charge in [-0.25, -0.2) is 8.42 Å². The van der Waals surface area contributed by atoms with Gasteiger partial charge >= 0.3 is 0 Å². The van der Waals surface area contributed by atoms with E-state index < -0.39 is 15.9 Å². The van der Waals surface area contributed by atoms with E-state index in [4.69, 9.17) is 4.74 Å². The molecule has 0 radical (unpaired) electrons. The van der Waals surface area contributed by atoms with Crippen molar-refractivity contribution in [3.05, 3.63) is 59.7 Å². The molecule has 2 aromatic carbocycles. The van der Waals surface area contributed by atoms with Crippen molar-refractivity contribution in [3.8, 4) is 0 Å². The Balaban J connectivity index is 2.23. The summed E-state index contributed by atoms with van der Waals surface area (Å²) in [7, 11) is -1.80. The van der Waals surface area contributed by atoms with Gasteiger partial charge in [0, 0.05) is 19.1 Å². The molecule has 0 aliphatic rings. The zero-order valence-corrected chi connectivity index (χ0v) is 14.1.